The summed E-state index contributed by atoms with van der Waals surface area (Å²) in [5.41, 5.74) is 1.52. The van der Waals surface area contributed by atoms with Gasteiger partial charge >= 0.3 is 5.97 Å². The van der Waals surface area contributed by atoms with Crippen LogP contribution < -0.4 is 0 Å². The van der Waals surface area contributed by atoms with Gasteiger partial charge in [0.2, 0.25) is 5.91 Å². The lowest BCUT2D eigenvalue weighted by molar-refractivity contribution is -0.143. The summed E-state index contributed by atoms with van der Waals surface area (Å²) in [7, 11) is 3.17. The summed E-state index contributed by atoms with van der Waals surface area (Å²) >= 11 is 0. The molecule has 0 bridgehead atoms. The predicted molar refractivity (Wildman–Crippen MR) is 83.7 cm³/mol. The Bertz CT molecular complexity index is 737. The second-order valence-corrected chi connectivity index (χ2v) is 5.73. The summed E-state index contributed by atoms with van der Waals surface area (Å²) in [6.45, 7) is 1.01. The summed E-state index contributed by atoms with van der Waals surface area (Å²) in [6, 6.07) is 1.46. The number of nitrogens with zero attached hydrogens (tertiary/aromatic N) is 6. The highest BCUT2D eigenvalue weighted by molar-refractivity contribution is 5.81. The van der Waals surface area contributed by atoms with E-state index < -0.39 is 0 Å². The van der Waals surface area contributed by atoms with E-state index in [1.165, 1.54) is 7.11 Å². The number of carbonyl (C=O) groups excluding carboxylic acids is 2. The maximum absolute atomic E-state index is 12.7. The van der Waals surface area contributed by atoms with Crippen molar-refractivity contribution in [3.05, 3.63) is 18.5 Å². The molecule has 24 heavy (non-hydrogen) atoms. The van der Waals surface area contributed by atoms with Gasteiger partial charge in [-0.3, -0.25) is 14.3 Å². The first-order chi connectivity index (χ1) is 11.6. The van der Waals surface area contributed by atoms with Crippen LogP contribution in [0.25, 0.3) is 11.4 Å². The van der Waals surface area contributed by atoms with Crippen molar-refractivity contribution >= 4 is 11.9 Å². The molecule has 9 nitrogen and oxygen atoms in total. The number of esters is 1. The molecule has 0 N–H and O–H groups in total. The van der Waals surface area contributed by atoms with Gasteiger partial charge in [0.25, 0.3) is 0 Å². The van der Waals surface area contributed by atoms with E-state index in [4.69, 9.17) is 0 Å². The first-order valence-electron chi connectivity index (χ1n) is 7.86. The molecular formula is C15H20N6O3. The Morgan fingerprint density at radius 1 is 1.46 bits per heavy atom. The van der Waals surface area contributed by atoms with Crippen molar-refractivity contribution < 1.29 is 14.3 Å². The number of hydrogen-bond acceptors (Lipinski definition) is 6. The number of aromatic nitrogens is 5. The van der Waals surface area contributed by atoms with Crippen LogP contribution in [-0.4, -0.2) is 61.8 Å². The van der Waals surface area contributed by atoms with E-state index >= 15 is 0 Å². The summed E-state index contributed by atoms with van der Waals surface area (Å²) in [4.78, 5) is 25.6. The van der Waals surface area contributed by atoms with Gasteiger partial charge in [0.05, 0.1) is 25.4 Å². The SMILES string of the molecule is COC(=O)CCN1CCCC(n2cc(-c3ccnn3C)nn2)C1=O. The fraction of sp³-hybridized carbons (Fsp3) is 0.533. The molecule has 1 fully saturated rings. The summed E-state index contributed by atoms with van der Waals surface area (Å²) < 4.78 is 7.95. The molecule has 0 aliphatic carbocycles. The van der Waals surface area contributed by atoms with Crippen molar-refractivity contribution in [2.24, 2.45) is 7.05 Å². The highest BCUT2D eigenvalue weighted by Crippen LogP contribution is 2.24. The van der Waals surface area contributed by atoms with Gasteiger partial charge in [-0.2, -0.15) is 5.10 Å². The summed E-state index contributed by atoms with van der Waals surface area (Å²) in [5.74, 6) is -0.351. The van der Waals surface area contributed by atoms with Crippen LogP contribution in [0.4, 0.5) is 0 Å². The Kier molecular flexibility index (Phi) is 4.59. The fourth-order valence-electron chi connectivity index (χ4n) is 2.89. The molecule has 9 heteroatoms. The third kappa shape index (κ3) is 3.15. The van der Waals surface area contributed by atoms with Crippen molar-refractivity contribution in [2.75, 3.05) is 20.2 Å². The van der Waals surface area contributed by atoms with Gasteiger partial charge in [0.15, 0.2) is 0 Å². The lowest BCUT2D eigenvalue weighted by atomic mass is 10.0. The molecule has 0 radical (unpaired) electrons. The maximum atomic E-state index is 12.7. The quantitative estimate of drug-likeness (QED) is 0.736. The van der Waals surface area contributed by atoms with E-state index in [0.717, 1.165) is 12.1 Å². The van der Waals surface area contributed by atoms with E-state index in [1.807, 2.05) is 13.1 Å². The zero-order valence-electron chi connectivity index (χ0n) is 13.8. The normalized spacial score (nSPS) is 18.0. The Labute approximate surface area is 139 Å². The van der Waals surface area contributed by atoms with E-state index in [9.17, 15) is 9.59 Å². The number of methoxy groups -OCH3 is 1. The van der Waals surface area contributed by atoms with Gasteiger partial charge < -0.3 is 9.64 Å². The third-order valence-corrected chi connectivity index (χ3v) is 4.23. The summed E-state index contributed by atoms with van der Waals surface area (Å²) in [5, 5.41) is 12.4. The third-order valence-electron chi connectivity index (χ3n) is 4.23. The minimum atomic E-state index is -0.383. The monoisotopic (exact) mass is 332 g/mol. The van der Waals surface area contributed by atoms with Crippen molar-refractivity contribution in [1.29, 1.82) is 0 Å². The smallest absolute Gasteiger partial charge is 0.307 e. The fourth-order valence-corrected chi connectivity index (χ4v) is 2.89. The first kappa shape index (κ1) is 16.2. The van der Waals surface area contributed by atoms with Crippen LogP contribution in [0, 0.1) is 0 Å². The number of aryl methyl sites for hydroxylation is 1. The standard InChI is InChI=1S/C15H20N6O3/c1-19-12(5-7-16-19)11-10-21(18-17-11)13-4-3-8-20(15(13)23)9-6-14(22)24-2/h5,7,10,13H,3-4,6,8-9H2,1-2H3. The van der Waals surface area contributed by atoms with Crippen LogP contribution in [0.5, 0.6) is 0 Å². The number of amides is 1. The molecule has 0 aromatic carbocycles. The van der Waals surface area contributed by atoms with Gasteiger partial charge in [-0.15, -0.1) is 5.10 Å². The average Bonchev–Trinajstić information content (AvgIpc) is 3.22. The number of rotatable bonds is 5. The van der Waals surface area contributed by atoms with Crippen molar-refractivity contribution in [3.8, 4) is 11.4 Å². The zero-order chi connectivity index (χ0) is 17.1. The molecule has 1 aliphatic heterocycles. The molecule has 3 heterocycles. The predicted octanol–water partition coefficient (Wildman–Crippen LogP) is 0.405. The van der Waals surface area contributed by atoms with Crippen molar-refractivity contribution in [3.63, 3.8) is 0 Å². The number of likely N-dealkylation sites (tertiary alicyclic amines) is 1. The zero-order valence-corrected chi connectivity index (χ0v) is 13.8. The van der Waals surface area contributed by atoms with E-state index in [0.29, 0.717) is 25.2 Å². The van der Waals surface area contributed by atoms with E-state index in [1.54, 1.807) is 26.7 Å². The minimum Gasteiger partial charge on any atom is -0.469 e. The molecule has 128 valence electrons. The van der Waals surface area contributed by atoms with Crippen LogP contribution >= 0.6 is 0 Å². The molecule has 0 spiro atoms. The second-order valence-electron chi connectivity index (χ2n) is 5.73. The lowest BCUT2D eigenvalue weighted by Gasteiger charge is -2.31. The van der Waals surface area contributed by atoms with Crippen LogP contribution in [0.2, 0.25) is 0 Å². The highest BCUT2D eigenvalue weighted by atomic mass is 16.5. The van der Waals surface area contributed by atoms with Crippen LogP contribution in [0.1, 0.15) is 25.3 Å². The van der Waals surface area contributed by atoms with Gasteiger partial charge in [0.1, 0.15) is 11.7 Å². The molecule has 1 aliphatic rings. The Morgan fingerprint density at radius 2 is 2.29 bits per heavy atom. The molecule has 1 atom stereocenters. The molecule has 2 aromatic rings. The Hall–Kier alpha value is -2.71. The molecule has 1 amide bonds. The molecule has 2 aromatic heterocycles. The number of ether oxygens (including phenoxy) is 1. The molecular weight excluding hydrogens is 312 g/mol. The molecule has 1 unspecified atom stereocenters. The first-order valence-corrected chi connectivity index (χ1v) is 7.86. The highest BCUT2D eigenvalue weighted by Gasteiger charge is 2.31. The lowest BCUT2D eigenvalue weighted by Crippen LogP contribution is -2.43. The average molecular weight is 332 g/mol. The van der Waals surface area contributed by atoms with Gasteiger partial charge in [-0.1, -0.05) is 5.21 Å². The van der Waals surface area contributed by atoms with E-state index in [-0.39, 0.29) is 24.3 Å². The van der Waals surface area contributed by atoms with Crippen LogP contribution in [0.3, 0.4) is 0 Å². The van der Waals surface area contributed by atoms with Gasteiger partial charge in [-0.05, 0) is 18.9 Å². The molecule has 3 rings (SSSR count). The Balaban J connectivity index is 1.72. The largest absolute Gasteiger partial charge is 0.469 e. The minimum absolute atomic E-state index is 0.0355. The second kappa shape index (κ2) is 6.81. The number of carbonyl (C=O) groups is 2. The van der Waals surface area contributed by atoms with Gasteiger partial charge in [0, 0.05) is 26.3 Å². The maximum Gasteiger partial charge on any atom is 0.307 e. The number of piperidine rings is 1. The number of hydrogen-bond donors (Lipinski definition) is 0. The van der Waals surface area contributed by atoms with Crippen LogP contribution in [-0.2, 0) is 21.4 Å². The summed E-state index contributed by atoms with van der Waals surface area (Å²) in [6.07, 6.45) is 5.23. The molecule has 1 saturated heterocycles. The molecule has 0 saturated carbocycles. The van der Waals surface area contributed by atoms with Gasteiger partial charge in [-0.25, -0.2) is 4.68 Å². The topological polar surface area (TPSA) is 95.1 Å². The van der Waals surface area contributed by atoms with Crippen LogP contribution in [0.15, 0.2) is 18.5 Å². The van der Waals surface area contributed by atoms with Crippen molar-refractivity contribution in [2.45, 2.75) is 25.3 Å². The van der Waals surface area contributed by atoms with Crippen molar-refractivity contribution in [1.82, 2.24) is 29.7 Å². The Morgan fingerprint density at radius 3 is 3.00 bits per heavy atom. The van der Waals surface area contributed by atoms with E-state index in [2.05, 4.69) is 20.1 Å².